The van der Waals surface area contributed by atoms with E-state index in [0.29, 0.717) is 36.5 Å². The fraction of sp³-hybridized carbons (Fsp3) is 0.958. The van der Waals surface area contributed by atoms with Crippen molar-refractivity contribution < 1.29 is 25.2 Å². The Kier molecular flexibility index (Phi) is 5.46. The van der Waals surface area contributed by atoms with E-state index in [1.165, 1.54) is 0 Å². The molecule has 0 aromatic heterocycles. The van der Waals surface area contributed by atoms with Gasteiger partial charge >= 0.3 is 0 Å². The fourth-order valence-corrected chi connectivity index (χ4v) is 8.95. The second kappa shape index (κ2) is 7.29. The molecule has 0 spiro atoms. The van der Waals surface area contributed by atoms with E-state index in [1.54, 1.807) is 0 Å². The summed E-state index contributed by atoms with van der Waals surface area (Å²) in [6, 6.07) is 0. The summed E-state index contributed by atoms with van der Waals surface area (Å²) in [5, 5.41) is 40.7. The van der Waals surface area contributed by atoms with Crippen LogP contribution in [0, 0.1) is 46.3 Å². The molecule has 4 fully saturated rings. The molecule has 4 aliphatic rings. The van der Waals surface area contributed by atoms with Gasteiger partial charge in [0.05, 0.1) is 11.7 Å². The van der Waals surface area contributed by atoms with Crippen molar-refractivity contribution in [3.05, 3.63) is 0 Å². The Bertz CT molecular complexity index is 637. The van der Waals surface area contributed by atoms with Crippen LogP contribution in [0.1, 0.15) is 78.6 Å². The van der Waals surface area contributed by atoms with E-state index in [-0.39, 0.29) is 22.7 Å². The summed E-state index contributed by atoms with van der Waals surface area (Å²) in [7, 11) is 0. The van der Waals surface area contributed by atoms with Gasteiger partial charge in [-0.1, -0.05) is 20.8 Å². The number of fused-ring (bicyclic) bond motifs is 5. The maximum atomic E-state index is 12.4. The number of rotatable bonds is 5. The average molecular weight is 409 g/mol. The Hall–Kier alpha value is -0.490. The van der Waals surface area contributed by atoms with Crippen LogP contribution in [0.5, 0.6) is 0 Å². The molecule has 0 amide bonds. The van der Waals surface area contributed by atoms with Crippen molar-refractivity contribution in [1.29, 1.82) is 0 Å². The fourth-order valence-electron chi connectivity index (χ4n) is 8.95. The van der Waals surface area contributed by atoms with Gasteiger partial charge in [0.25, 0.3) is 0 Å². The van der Waals surface area contributed by atoms with Crippen molar-refractivity contribution in [3.8, 4) is 0 Å². The standard InChI is InChI=1S/C24H40O5/c1-14(4-7-20(27)28)16-5-6-17-21-18(9-10-22(16,17)2)23(3)11-8-15(26)12-24(23,29)19(21)13-25/h13-21,26-29H,4-12H2,1-3H3/t14-,15+,16-,17?,18?,19-,21?,22-,23-,24-/m1/s1. The molecule has 4 rings (SSSR count). The summed E-state index contributed by atoms with van der Waals surface area (Å²) in [6.45, 7) is 6.81. The number of hydrogen-bond donors (Lipinski definition) is 4. The first kappa shape index (κ1) is 21.7. The molecule has 0 bridgehead atoms. The summed E-state index contributed by atoms with van der Waals surface area (Å²) in [4.78, 5) is 12.4. The molecule has 0 heterocycles. The van der Waals surface area contributed by atoms with E-state index >= 15 is 0 Å². The highest BCUT2D eigenvalue weighted by Crippen LogP contribution is 2.72. The Morgan fingerprint density at radius 1 is 1.03 bits per heavy atom. The average Bonchev–Trinajstić information content (AvgIpc) is 3.09. The molecule has 0 radical (unpaired) electrons. The summed E-state index contributed by atoms with van der Waals surface area (Å²) in [5.41, 5.74) is -1.23. The molecule has 4 saturated carbocycles. The van der Waals surface area contributed by atoms with Gasteiger partial charge in [0.15, 0.2) is 6.29 Å². The van der Waals surface area contributed by atoms with Gasteiger partial charge in [0.1, 0.15) is 6.29 Å². The maximum Gasteiger partial charge on any atom is 0.151 e. The summed E-state index contributed by atoms with van der Waals surface area (Å²) in [5.74, 6) is 1.53. The monoisotopic (exact) mass is 408 g/mol. The van der Waals surface area contributed by atoms with E-state index in [1.807, 2.05) is 0 Å². The lowest BCUT2D eigenvalue weighted by Crippen LogP contribution is -2.54. The lowest BCUT2D eigenvalue weighted by Gasteiger charge is -2.52. The van der Waals surface area contributed by atoms with Gasteiger partial charge in [0, 0.05) is 17.8 Å². The molecule has 0 saturated heterocycles. The first-order chi connectivity index (χ1) is 13.6. The zero-order chi connectivity index (χ0) is 21.2. The van der Waals surface area contributed by atoms with Gasteiger partial charge in [-0.2, -0.15) is 0 Å². The molecule has 0 aromatic carbocycles. The molecule has 10 atom stereocenters. The van der Waals surface area contributed by atoms with Gasteiger partial charge in [-0.3, -0.25) is 0 Å². The van der Waals surface area contributed by atoms with Crippen LogP contribution in [0.15, 0.2) is 0 Å². The maximum absolute atomic E-state index is 12.4. The van der Waals surface area contributed by atoms with Crippen LogP contribution in [0.3, 0.4) is 0 Å². The lowest BCUT2D eigenvalue weighted by atomic mass is 9.53. The van der Waals surface area contributed by atoms with Crippen LogP contribution in [0.4, 0.5) is 0 Å². The minimum absolute atomic E-state index is 0.140. The number of aldehydes is 1. The Balaban J connectivity index is 1.64. The quantitative estimate of drug-likeness (QED) is 0.414. The Morgan fingerprint density at radius 2 is 1.76 bits per heavy atom. The zero-order valence-corrected chi connectivity index (χ0v) is 18.3. The molecule has 3 unspecified atom stereocenters. The Labute approximate surface area is 174 Å². The van der Waals surface area contributed by atoms with E-state index in [0.717, 1.165) is 51.2 Å². The predicted molar refractivity (Wildman–Crippen MR) is 110 cm³/mol. The van der Waals surface area contributed by atoms with Crippen LogP contribution < -0.4 is 0 Å². The molecular weight excluding hydrogens is 368 g/mol. The molecule has 0 aromatic rings. The molecular formula is C24H40O5. The summed E-state index contributed by atoms with van der Waals surface area (Å²) < 4.78 is 0. The van der Waals surface area contributed by atoms with E-state index in [4.69, 9.17) is 0 Å². The number of aliphatic hydroxyl groups excluding tert-OH is 2. The SMILES string of the molecule is C[C@H](CCC(O)O)[C@H]1CCC2C3C(CC[C@@]21C)[C@@]1(C)CC[C@H](O)C[C@@]1(O)[C@@H]3C=O. The van der Waals surface area contributed by atoms with Crippen LogP contribution >= 0.6 is 0 Å². The number of carbonyl (C=O) groups is 1. The molecule has 5 nitrogen and oxygen atoms in total. The number of aliphatic hydroxyl groups is 4. The van der Waals surface area contributed by atoms with Crippen molar-refractivity contribution >= 4 is 6.29 Å². The third kappa shape index (κ3) is 2.98. The van der Waals surface area contributed by atoms with Crippen LogP contribution in [-0.4, -0.2) is 44.7 Å². The normalized spacial score (nSPS) is 52.7. The van der Waals surface area contributed by atoms with Crippen LogP contribution in [-0.2, 0) is 4.79 Å². The predicted octanol–water partition coefficient (Wildman–Crippen LogP) is 2.88. The van der Waals surface area contributed by atoms with Gasteiger partial charge in [0.2, 0.25) is 0 Å². The zero-order valence-electron chi connectivity index (χ0n) is 18.3. The van der Waals surface area contributed by atoms with Crippen molar-refractivity contribution in [2.24, 2.45) is 46.3 Å². The summed E-state index contributed by atoms with van der Waals surface area (Å²) >= 11 is 0. The van der Waals surface area contributed by atoms with Gasteiger partial charge in [-0.05, 0) is 86.4 Å². The van der Waals surface area contributed by atoms with E-state index in [2.05, 4.69) is 20.8 Å². The molecule has 0 aliphatic heterocycles. The van der Waals surface area contributed by atoms with E-state index < -0.39 is 18.0 Å². The molecule has 29 heavy (non-hydrogen) atoms. The molecule has 166 valence electrons. The van der Waals surface area contributed by atoms with Crippen LogP contribution in [0.2, 0.25) is 0 Å². The third-order valence-electron chi connectivity index (χ3n) is 10.4. The molecule has 5 heteroatoms. The highest BCUT2D eigenvalue weighted by molar-refractivity contribution is 5.59. The van der Waals surface area contributed by atoms with Crippen LogP contribution in [0.25, 0.3) is 0 Å². The van der Waals surface area contributed by atoms with Gasteiger partial charge in [-0.15, -0.1) is 0 Å². The van der Waals surface area contributed by atoms with Crippen molar-refractivity contribution in [2.45, 2.75) is 96.6 Å². The first-order valence-electron chi connectivity index (χ1n) is 11.8. The minimum atomic E-state index is -1.24. The smallest absolute Gasteiger partial charge is 0.151 e. The van der Waals surface area contributed by atoms with Crippen molar-refractivity contribution in [2.75, 3.05) is 0 Å². The topological polar surface area (TPSA) is 98.0 Å². The highest BCUT2D eigenvalue weighted by Gasteiger charge is 2.72. The van der Waals surface area contributed by atoms with Gasteiger partial charge < -0.3 is 25.2 Å². The third-order valence-corrected chi connectivity index (χ3v) is 10.4. The second-order valence-corrected chi connectivity index (χ2v) is 11.5. The summed E-state index contributed by atoms with van der Waals surface area (Å²) in [6.07, 6.45) is 6.72. The minimum Gasteiger partial charge on any atom is -0.393 e. The molecule has 4 N–H and O–H groups in total. The Morgan fingerprint density at radius 3 is 2.41 bits per heavy atom. The van der Waals surface area contributed by atoms with Gasteiger partial charge in [-0.25, -0.2) is 0 Å². The number of hydrogen-bond acceptors (Lipinski definition) is 5. The van der Waals surface area contributed by atoms with Crippen molar-refractivity contribution in [3.63, 3.8) is 0 Å². The van der Waals surface area contributed by atoms with Crippen molar-refractivity contribution in [1.82, 2.24) is 0 Å². The number of carbonyl (C=O) groups excluding carboxylic acids is 1. The largest absolute Gasteiger partial charge is 0.393 e. The first-order valence-corrected chi connectivity index (χ1v) is 11.8. The molecule has 4 aliphatic carbocycles. The highest BCUT2D eigenvalue weighted by atomic mass is 16.5. The lowest BCUT2D eigenvalue weighted by molar-refractivity contribution is -0.156. The second-order valence-electron chi connectivity index (χ2n) is 11.5. The van der Waals surface area contributed by atoms with E-state index in [9.17, 15) is 25.2 Å².